The zero-order chi connectivity index (χ0) is 11.7. The largest absolute Gasteiger partial charge is 0.442 e. The summed E-state index contributed by atoms with van der Waals surface area (Å²) in [5, 5.41) is 0. The van der Waals surface area contributed by atoms with Gasteiger partial charge in [-0.15, -0.1) is 0 Å². The SMILES string of the molecule is C=C1COC(=O)N1c1ccc(C(C)=O)cc1. The highest BCUT2D eigenvalue weighted by Gasteiger charge is 2.27. The van der Waals surface area contributed by atoms with Crippen LogP contribution in [0.15, 0.2) is 36.5 Å². The van der Waals surface area contributed by atoms with E-state index >= 15 is 0 Å². The van der Waals surface area contributed by atoms with E-state index in [1.807, 2.05) is 0 Å². The Hall–Kier alpha value is -2.10. The van der Waals surface area contributed by atoms with Crippen molar-refractivity contribution in [2.24, 2.45) is 0 Å². The van der Waals surface area contributed by atoms with E-state index in [9.17, 15) is 9.59 Å². The minimum atomic E-state index is -0.430. The van der Waals surface area contributed by atoms with E-state index in [1.54, 1.807) is 24.3 Å². The van der Waals surface area contributed by atoms with E-state index in [4.69, 9.17) is 4.74 Å². The van der Waals surface area contributed by atoms with Crippen LogP contribution in [0.4, 0.5) is 10.5 Å². The van der Waals surface area contributed by atoms with E-state index in [0.717, 1.165) is 0 Å². The number of benzene rings is 1. The molecule has 0 radical (unpaired) electrons. The monoisotopic (exact) mass is 217 g/mol. The number of hydrogen-bond acceptors (Lipinski definition) is 3. The molecule has 1 aromatic rings. The molecule has 1 aliphatic rings. The molecule has 0 atom stereocenters. The van der Waals surface area contributed by atoms with E-state index in [0.29, 0.717) is 16.9 Å². The quantitative estimate of drug-likeness (QED) is 0.714. The highest BCUT2D eigenvalue weighted by atomic mass is 16.6. The number of amides is 1. The fourth-order valence-corrected chi connectivity index (χ4v) is 1.54. The molecule has 0 bridgehead atoms. The number of carbonyl (C=O) groups is 2. The van der Waals surface area contributed by atoms with Gasteiger partial charge in [0.25, 0.3) is 0 Å². The predicted octanol–water partition coefficient (Wildman–Crippen LogP) is 2.36. The average Bonchev–Trinajstić information content (AvgIpc) is 2.59. The van der Waals surface area contributed by atoms with Gasteiger partial charge in [-0.1, -0.05) is 6.58 Å². The molecular weight excluding hydrogens is 206 g/mol. The number of anilines is 1. The second kappa shape index (κ2) is 3.81. The van der Waals surface area contributed by atoms with Crippen LogP contribution in [-0.4, -0.2) is 18.5 Å². The van der Waals surface area contributed by atoms with Crippen LogP contribution >= 0.6 is 0 Å². The molecule has 0 N–H and O–H groups in total. The molecule has 1 aromatic carbocycles. The van der Waals surface area contributed by atoms with Gasteiger partial charge in [0.05, 0.1) is 11.4 Å². The molecule has 0 spiro atoms. The van der Waals surface area contributed by atoms with Gasteiger partial charge in [0, 0.05) is 5.56 Å². The van der Waals surface area contributed by atoms with Gasteiger partial charge in [0.15, 0.2) is 5.78 Å². The van der Waals surface area contributed by atoms with Gasteiger partial charge in [0.1, 0.15) is 6.61 Å². The molecule has 0 saturated carbocycles. The van der Waals surface area contributed by atoms with Crippen LogP contribution in [-0.2, 0) is 4.74 Å². The molecule has 1 heterocycles. The van der Waals surface area contributed by atoms with Crippen LogP contribution in [0.1, 0.15) is 17.3 Å². The highest BCUT2D eigenvalue weighted by Crippen LogP contribution is 2.24. The number of ether oxygens (including phenoxy) is 1. The van der Waals surface area contributed by atoms with Crippen LogP contribution in [0.25, 0.3) is 0 Å². The minimum Gasteiger partial charge on any atom is -0.442 e. The van der Waals surface area contributed by atoms with Crippen molar-refractivity contribution in [1.82, 2.24) is 0 Å². The molecule has 4 heteroatoms. The third-order valence-corrected chi connectivity index (χ3v) is 2.39. The smallest absolute Gasteiger partial charge is 0.419 e. The molecule has 2 rings (SSSR count). The van der Waals surface area contributed by atoms with Crippen LogP contribution in [0.3, 0.4) is 0 Å². The molecule has 0 aromatic heterocycles. The van der Waals surface area contributed by atoms with Gasteiger partial charge in [-0.2, -0.15) is 0 Å². The number of Topliss-reactive ketones (excluding diaryl/α,β-unsaturated/α-hetero) is 1. The van der Waals surface area contributed by atoms with Crippen molar-refractivity contribution in [3.63, 3.8) is 0 Å². The Morgan fingerprint density at radius 1 is 1.38 bits per heavy atom. The minimum absolute atomic E-state index is 0.00521. The standard InChI is InChI=1S/C12H11NO3/c1-8-7-16-12(15)13(8)11-5-3-10(4-6-11)9(2)14/h3-6H,1,7H2,2H3. The van der Waals surface area contributed by atoms with Gasteiger partial charge in [-0.3, -0.25) is 4.79 Å². The van der Waals surface area contributed by atoms with Crippen molar-refractivity contribution in [1.29, 1.82) is 0 Å². The molecule has 16 heavy (non-hydrogen) atoms. The maximum absolute atomic E-state index is 11.4. The Morgan fingerprint density at radius 3 is 2.44 bits per heavy atom. The second-order valence-electron chi connectivity index (χ2n) is 3.56. The third kappa shape index (κ3) is 1.69. The Bertz CT molecular complexity index is 446. The molecule has 1 amide bonds. The van der Waals surface area contributed by atoms with Crippen molar-refractivity contribution in [2.75, 3.05) is 11.5 Å². The number of cyclic esters (lactones) is 1. The Kier molecular flexibility index (Phi) is 2.48. The molecular formula is C12H11NO3. The summed E-state index contributed by atoms with van der Waals surface area (Å²) in [4.78, 5) is 23.9. The zero-order valence-corrected chi connectivity index (χ0v) is 8.90. The number of rotatable bonds is 2. The Labute approximate surface area is 93.1 Å². The number of carbonyl (C=O) groups excluding carboxylic acids is 2. The van der Waals surface area contributed by atoms with E-state index < -0.39 is 6.09 Å². The Balaban J connectivity index is 2.31. The van der Waals surface area contributed by atoms with Crippen LogP contribution in [0.2, 0.25) is 0 Å². The second-order valence-corrected chi connectivity index (χ2v) is 3.56. The van der Waals surface area contributed by atoms with Crippen molar-refractivity contribution >= 4 is 17.6 Å². The first-order valence-corrected chi connectivity index (χ1v) is 4.85. The van der Waals surface area contributed by atoms with Crippen molar-refractivity contribution in [3.05, 3.63) is 42.1 Å². The first-order chi connectivity index (χ1) is 7.59. The van der Waals surface area contributed by atoms with Gasteiger partial charge in [-0.05, 0) is 31.2 Å². The van der Waals surface area contributed by atoms with Gasteiger partial charge in [-0.25, -0.2) is 9.69 Å². The van der Waals surface area contributed by atoms with E-state index in [-0.39, 0.29) is 12.4 Å². The fraction of sp³-hybridized carbons (Fsp3) is 0.167. The number of ketones is 1. The lowest BCUT2D eigenvalue weighted by atomic mass is 10.1. The molecule has 82 valence electrons. The Morgan fingerprint density at radius 2 is 2.00 bits per heavy atom. The molecule has 1 saturated heterocycles. The summed E-state index contributed by atoms with van der Waals surface area (Å²) in [5.74, 6) is -0.00521. The summed E-state index contributed by atoms with van der Waals surface area (Å²) in [6.07, 6.45) is -0.430. The number of nitrogens with zero attached hydrogens (tertiary/aromatic N) is 1. The number of hydrogen-bond donors (Lipinski definition) is 0. The third-order valence-electron chi connectivity index (χ3n) is 2.39. The first kappa shape index (κ1) is 10.4. The lowest BCUT2D eigenvalue weighted by Crippen LogP contribution is -2.21. The lowest BCUT2D eigenvalue weighted by Gasteiger charge is -2.13. The first-order valence-electron chi connectivity index (χ1n) is 4.85. The lowest BCUT2D eigenvalue weighted by molar-refractivity contribution is 0.101. The fourth-order valence-electron chi connectivity index (χ4n) is 1.54. The normalized spacial score (nSPS) is 15.2. The van der Waals surface area contributed by atoms with Crippen molar-refractivity contribution in [2.45, 2.75) is 6.92 Å². The van der Waals surface area contributed by atoms with Gasteiger partial charge < -0.3 is 4.74 Å². The van der Waals surface area contributed by atoms with Gasteiger partial charge >= 0.3 is 6.09 Å². The molecule has 1 aliphatic heterocycles. The van der Waals surface area contributed by atoms with Crippen molar-refractivity contribution < 1.29 is 14.3 Å². The summed E-state index contributed by atoms with van der Waals surface area (Å²) in [5.41, 5.74) is 1.88. The van der Waals surface area contributed by atoms with E-state index in [1.165, 1.54) is 11.8 Å². The summed E-state index contributed by atoms with van der Waals surface area (Å²) in [6, 6.07) is 6.76. The molecule has 4 nitrogen and oxygen atoms in total. The zero-order valence-electron chi connectivity index (χ0n) is 8.90. The maximum Gasteiger partial charge on any atom is 0.419 e. The topological polar surface area (TPSA) is 46.6 Å². The van der Waals surface area contributed by atoms with Crippen molar-refractivity contribution in [3.8, 4) is 0 Å². The predicted molar refractivity (Wildman–Crippen MR) is 59.4 cm³/mol. The maximum atomic E-state index is 11.4. The van der Waals surface area contributed by atoms with Crippen LogP contribution < -0.4 is 4.90 Å². The van der Waals surface area contributed by atoms with Crippen LogP contribution in [0.5, 0.6) is 0 Å². The average molecular weight is 217 g/mol. The molecule has 0 aliphatic carbocycles. The molecule has 0 unspecified atom stereocenters. The summed E-state index contributed by atoms with van der Waals surface area (Å²) in [6.45, 7) is 5.45. The summed E-state index contributed by atoms with van der Waals surface area (Å²) in [7, 11) is 0. The summed E-state index contributed by atoms with van der Waals surface area (Å²) >= 11 is 0. The highest BCUT2D eigenvalue weighted by molar-refractivity contribution is 5.96. The molecule has 1 fully saturated rings. The summed E-state index contributed by atoms with van der Waals surface area (Å²) < 4.78 is 4.83. The van der Waals surface area contributed by atoms with E-state index in [2.05, 4.69) is 6.58 Å². The van der Waals surface area contributed by atoms with Gasteiger partial charge in [0.2, 0.25) is 0 Å². The van der Waals surface area contributed by atoms with Crippen LogP contribution in [0, 0.1) is 0 Å².